The van der Waals surface area contributed by atoms with E-state index in [-0.39, 0.29) is 11.5 Å². The zero-order chi connectivity index (χ0) is 17.1. The van der Waals surface area contributed by atoms with E-state index in [9.17, 15) is 22.0 Å². The number of aryl methyl sites for hydroxylation is 1. The van der Waals surface area contributed by atoms with Gasteiger partial charge in [0.15, 0.2) is 0 Å². The summed E-state index contributed by atoms with van der Waals surface area (Å²) < 4.78 is 70.1. The van der Waals surface area contributed by atoms with Gasteiger partial charge in [-0.05, 0) is 11.8 Å². The molecule has 2 aromatic rings. The summed E-state index contributed by atoms with van der Waals surface area (Å²) in [6.45, 7) is 6.03. The predicted molar refractivity (Wildman–Crippen MR) is 70.4 cm³/mol. The van der Waals surface area contributed by atoms with Crippen molar-refractivity contribution in [2.45, 2.75) is 39.7 Å². The van der Waals surface area contributed by atoms with Crippen LogP contribution in [0.3, 0.4) is 0 Å². The first-order valence-corrected chi connectivity index (χ1v) is 7.14. The summed E-state index contributed by atoms with van der Waals surface area (Å²) in [5.74, 6) is -9.37. The first-order chi connectivity index (χ1) is 10.6. The van der Waals surface area contributed by atoms with Crippen LogP contribution in [-0.4, -0.2) is 9.78 Å². The van der Waals surface area contributed by atoms with E-state index >= 15 is 0 Å². The van der Waals surface area contributed by atoms with Crippen molar-refractivity contribution in [3.8, 4) is 5.69 Å². The third kappa shape index (κ3) is 2.31. The standard InChI is InChI=1S/C15H15F5N3/c1-15(2,3)7-4-5-8-21-23(6-22(7)8)14-12(19)10(17)9(16)11(18)13(14)20/h6-7H,4-5H2,1-3H3/q+1/t7-/m0/s1. The van der Waals surface area contributed by atoms with Crippen LogP contribution in [0.5, 0.6) is 0 Å². The molecule has 1 atom stereocenters. The molecule has 0 bridgehead atoms. The topological polar surface area (TPSA) is 21.7 Å². The Labute approximate surface area is 129 Å². The molecule has 0 N–H and O–H groups in total. The van der Waals surface area contributed by atoms with E-state index in [4.69, 9.17) is 0 Å². The van der Waals surface area contributed by atoms with Crippen LogP contribution in [0, 0.1) is 34.5 Å². The van der Waals surface area contributed by atoms with E-state index in [1.54, 1.807) is 4.57 Å². The summed E-state index contributed by atoms with van der Waals surface area (Å²) in [5.41, 5.74) is -1.18. The summed E-state index contributed by atoms with van der Waals surface area (Å²) in [4.78, 5) is 0. The molecule has 1 aliphatic rings. The summed E-state index contributed by atoms with van der Waals surface area (Å²) in [6.07, 6.45) is 2.67. The molecule has 0 fully saturated rings. The minimum absolute atomic E-state index is 0.0347. The molecule has 23 heavy (non-hydrogen) atoms. The first kappa shape index (κ1) is 15.9. The normalized spacial score (nSPS) is 17.7. The lowest BCUT2D eigenvalue weighted by Gasteiger charge is -2.24. The molecule has 1 aromatic carbocycles. The van der Waals surface area contributed by atoms with Crippen LogP contribution in [0.2, 0.25) is 0 Å². The Morgan fingerprint density at radius 2 is 1.52 bits per heavy atom. The van der Waals surface area contributed by atoms with Gasteiger partial charge in [-0.3, -0.25) is 0 Å². The summed E-state index contributed by atoms with van der Waals surface area (Å²) in [7, 11) is 0. The number of hydrogen-bond acceptors (Lipinski definition) is 1. The molecule has 0 saturated heterocycles. The number of rotatable bonds is 1. The van der Waals surface area contributed by atoms with Gasteiger partial charge in [-0.2, -0.15) is 8.78 Å². The van der Waals surface area contributed by atoms with Gasteiger partial charge in [0.25, 0.3) is 5.82 Å². The second kappa shape index (κ2) is 5.01. The van der Waals surface area contributed by atoms with E-state index in [1.807, 2.05) is 20.8 Å². The highest BCUT2D eigenvalue weighted by Gasteiger charge is 2.40. The van der Waals surface area contributed by atoms with Crippen LogP contribution in [0.1, 0.15) is 39.1 Å². The smallest absolute Gasteiger partial charge is 0.231 e. The average molecular weight is 332 g/mol. The molecule has 0 unspecified atom stereocenters. The predicted octanol–water partition coefficient (Wildman–Crippen LogP) is 3.39. The Morgan fingerprint density at radius 1 is 1.00 bits per heavy atom. The zero-order valence-corrected chi connectivity index (χ0v) is 12.8. The molecule has 0 amide bonds. The lowest BCUT2D eigenvalue weighted by Crippen LogP contribution is -2.43. The SMILES string of the molecule is CC(C)(C)[C@@H]1CCc2nn(-c3c(F)c(F)c(F)c(F)c3F)c[n+]21. The highest BCUT2D eigenvalue weighted by Crippen LogP contribution is 2.34. The quantitative estimate of drug-likeness (QED) is 0.340. The van der Waals surface area contributed by atoms with E-state index in [0.717, 1.165) is 11.1 Å². The minimum Gasteiger partial charge on any atom is -0.231 e. The van der Waals surface area contributed by atoms with Crippen LogP contribution in [-0.2, 0) is 6.42 Å². The number of hydrogen-bond donors (Lipinski definition) is 0. The molecule has 0 spiro atoms. The van der Waals surface area contributed by atoms with Crippen molar-refractivity contribution in [2.75, 3.05) is 0 Å². The lowest BCUT2D eigenvalue weighted by molar-refractivity contribution is -0.729. The van der Waals surface area contributed by atoms with Gasteiger partial charge in [0.2, 0.25) is 41.1 Å². The largest absolute Gasteiger partial charge is 0.278 e. The fraction of sp³-hybridized carbons (Fsp3) is 0.467. The van der Waals surface area contributed by atoms with Gasteiger partial charge in [0, 0.05) is 11.5 Å². The van der Waals surface area contributed by atoms with Crippen LogP contribution < -0.4 is 4.57 Å². The van der Waals surface area contributed by atoms with Gasteiger partial charge in [-0.25, -0.2) is 17.7 Å². The summed E-state index contributed by atoms with van der Waals surface area (Å²) in [6, 6.07) is 0.0347. The number of fused-ring (bicyclic) bond motifs is 1. The van der Waals surface area contributed by atoms with Gasteiger partial charge in [-0.1, -0.05) is 25.5 Å². The lowest BCUT2D eigenvalue weighted by atomic mass is 9.85. The number of benzene rings is 1. The van der Waals surface area contributed by atoms with Crippen LogP contribution in [0.4, 0.5) is 22.0 Å². The van der Waals surface area contributed by atoms with Crippen molar-refractivity contribution in [2.24, 2.45) is 5.41 Å². The third-order valence-corrected chi connectivity index (χ3v) is 4.15. The molecule has 0 radical (unpaired) electrons. The van der Waals surface area contributed by atoms with Crippen molar-refractivity contribution in [3.63, 3.8) is 0 Å². The molecule has 3 rings (SSSR count). The Bertz CT molecular complexity index is 762. The number of nitrogens with zero attached hydrogens (tertiary/aromatic N) is 3. The molecule has 0 saturated carbocycles. The van der Waals surface area contributed by atoms with E-state index in [2.05, 4.69) is 5.10 Å². The fourth-order valence-corrected chi connectivity index (χ4v) is 2.98. The van der Waals surface area contributed by atoms with Gasteiger partial charge in [0.1, 0.15) is 0 Å². The maximum Gasteiger partial charge on any atom is 0.278 e. The van der Waals surface area contributed by atoms with Gasteiger partial charge in [0.05, 0.1) is 6.04 Å². The Morgan fingerprint density at radius 3 is 2.04 bits per heavy atom. The second-order valence-corrected chi connectivity index (χ2v) is 6.72. The Kier molecular flexibility index (Phi) is 3.46. The number of aromatic nitrogens is 3. The van der Waals surface area contributed by atoms with Gasteiger partial charge < -0.3 is 0 Å². The van der Waals surface area contributed by atoms with Gasteiger partial charge in [-0.15, -0.1) is 0 Å². The van der Waals surface area contributed by atoms with Crippen molar-refractivity contribution in [1.82, 2.24) is 9.78 Å². The molecule has 3 nitrogen and oxygen atoms in total. The Balaban J connectivity index is 2.17. The van der Waals surface area contributed by atoms with Crippen LogP contribution >= 0.6 is 0 Å². The zero-order valence-electron chi connectivity index (χ0n) is 12.8. The molecule has 0 aliphatic carbocycles. The average Bonchev–Trinajstić information content (AvgIpc) is 3.02. The van der Waals surface area contributed by atoms with Crippen molar-refractivity contribution >= 4 is 0 Å². The van der Waals surface area contributed by atoms with Crippen LogP contribution in [0.15, 0.2) is 6.33 Å². The molecular formula is C15H15F5N3+. The molecule has 8 heteroatoms. The second-order valence-electron chi connectivity index (χ2n) is 6.72. The summed E-state index contributed by atoms with van der Waals surface area (Å²) >= 11 is 0. The molecule has 1 aliphatic heterocycles. The van der Waals surface area contributed by atoms with Crippen molar-refractivity contribution in [1.29, 1.82) is 0 Å². The third-order valence-electron chi connectivity index (χ3n) is 4.15. The van der Waals surface area contributed by atoms with Gasteiger partial charge >= 0.3 is 0 Å². The molecular weight excluding hydrogens is 317 g/mol. The van der Waals surface area contributed by atoms with Crippen molar-refractivity contribution < 1.29 is 26.5 Å². The maximum atomic E-state index is 13.9. The Hall–Kier alpha value is -1.99. The monoisotopic (exact) mass is 332 g/mol. The molecule has 2 heterocycles. The maximum absolute atomic E-state index is 13.9. The minimum atomic E-state index is -2.18. The highest BCUT2D eigenvalue weighted by atomic mass is 19.2. The number of halogens is 5. The van der Waals surface area contributed by atoms with Crippen molar-refractivity contribution in [3.05, 3.63) is 41.2 Å². The van der Waals surface area contributed by atoms with E-state index in [1.165, 1.54) is 6.33 Å². The molecule has 1 aromatic heterocycles. The van der Waals surface area contributed by atoms with Crippen LogP contribution in [0.25, 0.3) is 5.69 Å². The summed E-state index contributed by atoms with van der Waals surface area (Å²) in [5, 5.41) is 4.00. The highest BCUT2D eigenvalue weighted by molar-refractivity contribution is 5.36. The van der Waals surface area contributed by atoms with E-state index in [0.29, 0.717) is 12.2 Å². The first-order valence-electron chi connectivity index (χ1n) is 7.14. The van der Waals surface area contributed by atoms with E-state index < -0.39 is 34.8 Å². The fourth-order valence-electron chi connectivity index (χ4n) is 2.98. The molecule has 124 valence electrons.